The summed E-state index contributed by atoms with van der Waals surface area (Å²) >= 11 is 1.32. The third kappa shape index (κ3) is 3.36. The molecule has 0 aromatic carbocycles. The van der Waals surface area contributed by atoms with Crippen molar-refractivity contribution < 1.29 is 4.79 Å². The molecular formula is C15H22N6OS. The Kier molecular flexibility index (Phi) is 4.34. The number of anilines is 2. The highest BCUT2D eigenvalue weighted by Crippen LogP contribution is 2.24. The Morgan fingerprint density at radius 3 is 2.91 bits per heavy atom. The molecule has 3 heterocycles. The molecule has 1 N–H and O–H groups in total. The second-order valence-electron chi connectivity index (χ2n) is 6.36. The lowest BCUT2D eigenvalue weighted by atomic mass is 10.1. The summed E-state index contributed by atoms with van der Waals surface area (Å²) in [6, 6.07) is 1.69. The van der Waals surface area contributed by atoms with E-state index in [0.717, 1.165) is 35.3 Å². The zero-order chi connectivity index (χ0) is 16.6. The van der Waals surface area contributed by atoms with E-state index in [0.29, 0.717) is 12.5 Å². The van der Waals surface area contributed by atoms with E-state index in [1.54, 1.807) is 9.58 Å². The van der Waals surface area contributed by atoms with Crippen molar-refractivity contribution in [2.24, 2.45) is 13.0 Å². The second kappa shape index (κ2) is 6.27. The Bertz CT molecular complexity index is 707. The van der Waals surface area contributed by atoms with Gasteiger partial charge in [0.25, 0.3) is 5.91 Å². The minimum absolute atomic E-state index is 0.0635. The maximum Gasteiger partial charge on any atom is 0.250 e. The smallest absolute Gasteiger partial charge is 0.250 e. The van der Waals surface area contributed by atoms with Gasteiger partial charge in [0.1, 0.15) is 17.7 Å². The fourth-order valence-electron chi connectivity index (χ4n) is 2.80. The molecule has 3 rings (SSSR count). The quantitative estimate of drug-likeness (QED) is 0.905. The van der Waals surface area contributed by atoms with Crippen molar-refractivity contribution in [2.45, 2.75) is 39.7 Å². The minimum Gasteiger partial charge on any atom is -0.348 e. The van der Waals surface area contributed by atoms with E-state index < -0.39 is 0 Å². The van der Waals surface area contributed by atoms with Crippen molar-refractivity contribution in [3.05, 3.63) is 17.6 Å². The van der Waals surface area contributed by atoms with Crippen LogP contribution in [0, 0.1) is 12.8 Å². The molecule has 1 atom stereocenters. The average Bonchev–Trinajstić information content (AvgIpc) is 3.12. The van der Waals surface area contributed by atoms with Crippen LogP contribution in [0.15, 0.2) is 6.07 Å². The number of rotatable bonds is 5. The van der Waals surface area contributed by atoms with Crippen LogP contribution in [0.4, 0.5) is 10.9 Å². The first kappa shape index (κ1) is 15.9. The number of nitrogens with one attached hydrogen (secondary N) is 1. The fourth-order valence-corrected chi connectivity index (χ4v) is 3.45. The van der Waals surface area contributed by atoms with Crippen LogP contribution in [0.2, 0.25) is 0 Å². The molecule has 0 saturated carbocycles. The number of hydrogen-bond acceptors (Lipinski definition) is 6. The third-order valence-corrected chi connectivity index (χ3v) is 4.50. The standard InChI is InChI=1S/C15H22N6OS/c1-9(2)7-12-17-15(23-19-12)16-11-5-6-21(14(11)22)13-8-10(3)18-20(13)4/h8-9,11H,5-7H2,1-4H3,(H,16,17,19)/t11-/m0/s1. The van der Waals surface area contributed by atoms with E-state index in [2.05, 4.69) is 33.6 Å². The average molecular weight is 334 g/mol. The summed E-state index contributed by atoms with van der Waals surface area (Å²) in [5, 5.41) is 8.27. The molecule has 1 amide bonds. The third-order valence-electron chi connectivity index (χ3n) is 3.82. The van der Waals surface area contributed by atoms with E-state index in [1.165, 1.54) is 11.5 Å². The zero-order valence-corrected chi connectivity index (χ0v) is 14.7. The van der Waals surface area contributed by atoms with Crippen molar-refractivity contribution in [2.75, 3.05) is 16.8 Å². The Morgan fingerprint density at radius 1 is 1.48 bits per heavy atom. The van der Waals surface area contributed by atoms with Gasteiger partial charge in [0.2, 0.25) is 5.13 Å². The predicted octanol–water partition coefficient (Wildman–Crippen LogP) is 2.00. The van der Waals surface area contributed by atoms with Gasteiger partial charge in [-0.25, -0.2) is 4.98 Å². The fraction of sp³-hybridized carbons (Fsp3) is 0.600. The molecule has 7 nitrogen and oxygen atoms in total. The molecule has 2 aromatic heterocycles. The van der Waals surface area contributed by atoms with Gasteiger partial charge in [0.15, 0.2) is 0 Å². The van der Waals surface area contributed by atoms with Gasteiger partial charge < -0.3 is 5.32 Å². The van der Waals surface area contributed by atoms with Crippen LogP contribution in [-0.4, -0.2) is 37.6 Å². The molecule has 1 fully saturated rings. The Hall–Kier alpha value is -1.96. The predicted molar refractivity (Wildman–Crippen MR) is 90.8 cm³/mol. The Balaban J connectivity index is 1.67. The first-order chi connectivity index (χ1) is 10.9. The van der Waals surface area contributed by atoms with Crippen LogP contribution < -0.4 is 10.2 Å². The summed E-state index contributed by atoms with van der Waals surface area (Å²) < 4.78 is 6.10. The molecule has 2 aromatic rings. The minimum atomic E-state index is -0.245. The van der Waals surface area contributed by atoms with Crippen molar-refractivity contribution >= 4 is 28.4 Å². The molecule has 23 heavy (non-hydrogen) atoms. The maximum absolute atomic E-state index is 12.6. The number of aromatic nitrogens is 4. The summed E-state index contributed by atoms with van der Waals surface area (Å²) in [6.45, 7) is 6.90. The lowest BCUT2D eigenvalue weighted by Gasteiger charge is -2.16. The SMILES string of the molecule is Cc1cc(N2CC[C@H](Nc3nc(CC(C)C)ns3)C2=O)n(C)n1. The number of aryl methyl sites for hydroxylation is 2. The lowest BCUT2D eigenvalue weighted by molar-refractivity contribution is -0.117. The summed E-state index contributed by atoms with van der Waals surface area (Å²) in [7, 11) is 1.86. The van der Waals surface area contributed by atoms with E-state index >= 15 is 0 Å². The molecule has 0 spiro atoms. The molecule has 1 saturated heterocycles. The Morgan fingerprint density at radius 2 is 2.26 bits per heavy atom. The molecule has 0 unspecified atom stereocenters. The Labute approximate surface area is 139 Å². The molecule has 0 bridgehead atoms. The highest BCUT2D eigenvalue weighted by atomic mass is 32.1. The molecule has 8 heteroatoms. The van der Waals surface area contributed by atoms with Gasteiger partial charge in [-0.1, -0.05) is 13.8 Å². The highest BCUT2D eigenvalue weighted by molar-refractivity contribution is 7.09. The lowest BCUT2D eigenvalue weighted by Crippen LogP contribution is -2.34. The molecule has 1 aliphatic rings. The van der Waals surface area contributed by atoms with E-state index in [4.69, 9.17) is 0 Å². The van der Waals surface area contributed by atoms with Crippen LogP contribution in [0.1, 0.15) is 31.8 Å². The van der Waals surface area contributed by atoms with Crippen LogP contribution in [-0.2, 0) is 18.3 Å². The molecule has 124 valence electrons. The largest absolute Gasteiger partial charge is 0.348 e. The highest BCUT2D eigenvalue weighted by Gasteiger charge is 2.34. The van der Waals surface area contributed by atoms with Crippen molar-refractivity contribution in [3.63, 3.8) is 0 Å². The summed E-state index contributed by atoms with van der Waals surface area (Å²) in [6.07, 6.45) is 1.61. The normalized spacial score (nSPS) is 18.2. The summed E-state index contributed by atoms with van der Waals surface area (Å²) in [5.41, 5.74) is 0.911. The first-order valence-electron chi connectivity index (χ1n) is 7.85. The topological polar surface area (TPSA) is 75.9 Å². The molecule has 0 aliphatic carbocycles. The monoisotopic (exact) mass is 334 g/mol. The van der Waals surface area contributed by atoms with Gasteiger partial charge in [0, 0.05) is 37.6 Å². The maximum atomic E-state index is 12.6. The van der Waals surface area contributed by atoms with Crippen molar-refractivity contribution in [1.82, 2.24) is 19.1 Å². The van der Waals surface area contributed by atoms with Crippen molar-refractivity contribution in [1.29, 1.82) is 0 Å². The van der Waals surface area contributed by atoms with Gasteiger partial charge in [-0.05, 0) is 19.3 Å². The number of carbonyl (C=O) groups excluding carboxylic acids is 1. The number of hydrogen-bond donors (Lipinski definition) is 1. The van der Waals surface area contributed by atoms with Gasteiger partial charge in [-0.3, -0.25) is 14.4 Å². The van der Waals surface area contributed by atoms with Crippen LogP contribution in [0.3, 0.4) is 0 Å². The van der Waals surface area contributed by atoms with Crippen LogP contribution >= 0.6 is 11.5 Å². The van der Waals surface area contributed by atoms with Crippen LogP contribution in [0.25, 0.3) is 0 Å². The number of amides is 1. The molecule has 0 radical (unpaired) electrons. The molecule has 1 aliphatic heterocycles. The number of nitrogens with zero attached hydrogens (tertiary/aromatic N) is 5. The van der Waals surface area contributed by atoms with Crippen molar-refractivity contribution in [3.8, 4) is 0 Å². The summed E-state index contributed by atoms with van der Waals surface area (Å²) in [5.74, 6) is 2.27. The van der Waals surface area contributed by atoms with E-state index in [9.17, 15) is 4.79 Å². The first-order valence-corrected chi connectivity index (χ1v) is 8.62. The van der Waals surface area contributed by atoms with Crippen LogP contribution in [0.5, 0.6) is 0 Å². The van der Waals surface area contributed by atoms with Gasteiger partial charge in [-0.15, -0.1) is 0 Å². The van der Waals surface area contributed by atoms with Gasteiger partial charge in [-0.2, -0.15) is 9.47 Å². The molecular weight excluding hydrogens is 312 g/mol. The summed E-state index contributed by atoms with van der Waals surface area (Å²) in [4.78, 5) is 18.9. The van der Waals surface area contributed by atoms with Gasteiger partial charge >= 0.3 is 0 Å². The van der Waals surface area contributed by atoms with Gasteiger partial charge in [0.05, 0.1) is 5.69 Å². The number of carbonyl (C=O) groups is 1. The van der Waals surface area contributed by atoms with E-state index in [-0.39, 0.29) is 11.9 Å². The zero-order valence-electron chi connectivity index (χ0n) is 13.9. The second-order valence-corrected chi connectivity index (χ2v) is 7.11. The van der Waals surface area contributed by atoms with E-state index in [1.807, 2.05) is 20.0 Å².